The van der Waals surface area contributed by atoms with Crippen molar-refractivity contribution in [2.45, 2.75) is 6.04 Å². The second-order valence-corrected chi connectivity index (χ2v) is 4.69. The monoisotopic (exact) mass is 279 g/mol. The van der Waals surface area contributed by atoms with Crippen LogP contribution in [-0.2, 0) is 4.74 Å². The second-order valence-electron chi connectivity index (χ2n) is 4.69. The van der Waals surface area contributed by atoms with Crippen molar-refractivity contribution in [1.29, 1.82) is 0 Å². The molecule has 0 aliphatic carbocycles. The van der Waals surface area contributed by atoms with E-state index in [2.05, 4.69) is 4.99 Å². The Hall–Kier alpha value is -2.75. The van der Waals surface area contributed by atoms with E-state index in [1.807, 2.05) is 12.1 Å². The molecule has 0 spiro atoms. The van der Waals surface area contributed by atoms with Crippen LogP contribution < -0.4 is 0 Å². The van der Waals surface area contributed by atoms with Crippen molar-refractivity contribution in [2.24, 2.45) is 4.99 Å². The third-order valence-electron chi connectivity index (χ3n) is 3.24. The molecule has 0 radical (unpaired) electrons. The molecule has 0 N–H and O–H groups in total. The molecule has 1 unspecified atom stereocenters. The van der Waals surface area contributed by atoms with Crippen LogP contribution in [0.3, 0.4) is 0 Å². The number of rotatable bonds is 4. The zero-order valence-corrected chi connectivity index (χ0v) is 11.2. The van der Waals surface area contributed by atoms with E-state index in [4.69, 9.17) is 4.74 Å². The van der Waals surface area contributed by atoms with E-state index in [-0.39, 0.29) is 24.1 Å². The van der Waals surface area contributed by atoms with E-state index in [1.165, 1.54) is 0 Å². The van der Waals surface area contributed by atoms with Gasteiger partial charge >= 0.3 is 0 Å². The molecule has 0 aromatic heterocycles. The van der Waals surface area contributed by atoms with Gasteiger partial charge in [0.05, 0.1) is 0 Å². The Labute approximate surface area is 122 Å². The Bertz CT molecular complexity index is 692. The number of carbonyl (C=O) groups excluding carboxylic acids is 2. The van der Waals surface area contributed by atoms with Gasteiger partial charge in [-0.05, 0) is 0 Å². The van der Waals surface area contributed by atoms with Gasteiger partial charge in [0, 0.05) is 11.1 Å². The highest BCUT2D eigenvalue weighted by Crippen LogP contribution is 2.14. The van der Waals surface area contributed by atoms with Crippen LogP contribution in [0.4, 0.5) is 0 Å². The Kier molecular flexibility index (Phi) is 3.60. The van der Waals surface area contributed by atoms with E-state index in [0.717, 1.165) is 0 Å². The summed E-state index contributed by atoms with van der Waals surface area (Å²) < 4.78 is 5.30. The predicted molar refractivity (Wildman–Crippen MR) is 78.7 cm³/mol. The number of aliphatic imine (C=N–C) groups is 1. The number of hydrogen-bond acceptors (Lipinski definition) is 4. The van der Waals surface area contributed by atoms with Gasteiger partial charge in [-0.15, -0.1) is 0 Å². The summed E-state index contributed by atoms with van der Waals surface area (Å²) in [7, 11) is 0. The van der Waals surface area contributed by atoms with Gasteiger partial charge in [0.15, 0.2) is 11.8 Å². The van der Waals surface area contributed by atoms with Crippen LogP contribution in [0.1, 0.15) is 20.7 Å². The largest absolute Gasteiger partial charge is 0.472 e. The van der Waals surface area contributed by atoms with Gasteiger partial charge in [0.25, 0.3) is 5.90 Å². The first kappa shape index (κ1) is 13.2. The molecule has 21 heavy (non-hydrogen) atoms. The molecular weight excluding hydrogens is 266 g/mol. The molecule has 0 saturated carbocycles. The van der Waals surface area contributed by atoms with Crippen LogP contribution in [-0.4, -0.2) is 30.1 Å². The van der Waals surface area contributed by atoms with Crippen LogP contribution >= 0.6 is 0 Å². The zero-order valence-electron chi connectivity index (χ0n) is 11.2. The fraction of sp³-hybridized carbons (Fsp3) is 0.118. The lowest BCUT2D eigenvalue weighted by Gasteiger charge is -2.03. The van der Waals surface area contributed by atoms with Crippen LogP contribution in [0.2, 0.25) is 0 Å². The summed E-state index contributed by atoms with van der Waals surface area (Å²) in [6.45, 7) is 0.113. The first-order valence-electron chi connectivity index (χ1n) is 6.65. The molecule has 2 aromatic rings. The van der Waals surface area contributed by atoms with Gasteiger partial charge in [0.1, 0.15) is 6.61 Å². The Morgan fingerprint density at radius 1 is 0.905 bits per heavy atom. The van der Waals surface area contributed by atoms with Crippen LogP contribution in [0.15, 0.2) is 65.7 Å². The van der Waals surface area contributed by atoms with Gasteiger partial charge in [-0.2, -0.15) is 0 Å². The van der Waals surface area contributed by atoms with E-state index in [0.29, 0.717) is 11.1 Å². The second kappa shape index (κ2) is 5.71. The van der Waals surface area contributed by atoms with E-state index >= 15 is 0 Å². The number of ether oxygens (including phenoxy) is 1. The molecule has 0 amide bonds. The van der Waals surface area contributed by atoms with Gasteiger partial charge in [-0.25, -0.2) is 4.99 Å². The van der Waals surface area contributed by atoms with Crippen molar-refractivity contribution in [3.8, 4) is 0 Å². The fourth-order valence-electron chi connectivity index (χ4n) is 2.14. The van der Waals surface area contributed by atoms with Crippen molar-refractivity contribution in [2.75, 3.05) is 6.61 Å². The molecule has 104 valence electrons. The van der Waals surface area contributed by atoms with Crippen molar-refractivity contribution in [3.63, 3.8) is 0 Å². The maximum absolute atomic E-state index is 12.3. The quantitative estimate of drug-likeness (QED) is 0.808. The van der Waals surface area contributed by atoms with Crippen LogP contribution in [0.25, 0.3) is 0 Å². The smallest absolute Gasteiger partial charge is 0.259 e. The number of Topliss-reactive ketones (excluding diaryl/α,β-unsaturated/α-hetero) is 2. The number of carbonyl (C=O) groups is 2. The maximum atomic E-state index is 12.3. The molecular formula is C17H13NO3. The highest BCUT2D eigenvalue weighted by atomic mass is 16.5. The molecule has 1 aliphatic heterocycles. The average Bonchev–Trinajstić information content (AvgIpc) is 3.05. The summed E-state index contributed by atoms with van der Waals surface area (Å²) in [6.07, 6.45) is 0. The average molecular weight is 279 g/mol. The van der Waals surface area contributed by atoms with Crippen molar-refractivity contribution in [1.82, 2.24) is 0 Å². The van der Waals surface area contributed by atoms with Gasteiger partial charge in [-0.1, -0.05) is 60.7 Å². The van der Waals surface area contributed by atoms with Crippen molar-refractivity contribution in [3.05, 3.63) is 71.8 Å². The molecule has 0 fully saturated rings. The zero-order chi connectivity index (χ0) is 14.7. The minimum atomic E-state index is -0.643. The minimum Gasteiger partial charge on any atom is -0.472 e. The van der Waals surface area contributed by atoms with Crippen LogP contribution in [0.5, 0.6) is 0 Å². The lowest BCUT2D eigenvalue weighted by atomic mass is 10.1. The topological polar surface area (TPSA) is 55.7 Å². The summed E-state index contributed by atoms with van der Waals surface area (Å²) in [5, 5.41) is 0. The molecule has 2 aromatic carbocycles. The predicted octanol–water partition coefficient (Wildman–Crippen LogP) is 2.55. The van der Waals surface area contributed by atoms with Crippen molar-refractivity contribution >= 4 is 17.5 Å². The molecule has 3 rings (SSSR count). The normalized spacial score (nSPS) is 17.0. The summed E-state index contributed by atoms with van der Waals surface area (Å²) in [5.74, 6) is -0.416. The number of benzene rings is 2. The molecule has 4 nitrogen and oxygen atoms in total. The lowest BCUT2D eigenvalue weighted by Crippen LogP contribution is -2.19. The standard InChI is InChI=1S/C17H13NO3/c19-15(12-7-3-1-4-8-12)14-11-21-17(18-14)16(20)13-9-5-2-6-10-13/h1-10,14H,11H2. The first-order valence-corrected chi connectivity index (χ1v) is 6.65. The van der Waals surface area contributed by atoms with Gasteiger partial charge in [-0.3, -0.25) is 9.59 Å². The molecule has 0 saturated heterocycles. The summed E-state index contributed by atoms with van der Waals surface area (Å²) >= 11 is 0. The van der Waals surface area contributed by atoms with Gasteiger partial charge < -0.3 is 4.74 Å². The Morgan fingerprint density at radius 2 is 1.48 bits per heavy atom. The molecule has 1 atom stereocenters. The first-order chi connectivity index (χ1) is 10.3. The molecule has 4 heteroatoms. The summed E-state index contributed by atoms with van der Waals surface area (Å²) in [6, 6.07) is 17.0. The highest BCUT2D eigenvalue weighted by molar-refractivity contribution is 6.43. The van der Waals surface area contributed by atoms with E-state index < -0.39 is 6.04 Å². The third-order valence-corrected chi connectivity index (χ3v) is 3.24. The highest BCUT2D eigenvalue weighted by Gasteiger charge is 2.30. The van der Waals surface area contributed by atoms with Gasteiger partial charge in [0.2, 0.25) is 5.78 Å². The number of nitrogens with zero attached hydrogens (tertiary/aromatic N) is 1. The maximum Gasteiger partial charge on any atom is 0.259 e. The Balaban J connectivity index is 1.79. The fourth-order valence-corrected chi connectivity index (χ4v) is 2.14. The third kappa shape index (κ3) is 2.74. The summed E-state index contributed by atoms with van der Waals surface area (Å²) in [5.41, 5.74) is 1.08. The SMILES string of the molecule is O=C(C1=NC(C(=O)c2ccccc2)CO1)c1ccccc1. The lowest BCUT2D eigenvalue weighted by molar-refractivity contribution is 0.0941. The van der Waals surface area contributed by atoms with E-state index in [9.17, 15) is 9.59 Å². The minimum absolute atomic E-state index is 0.00970. The number of hydrogen-bond donors (Lipinski definition) is 0. The number of ketones is 2. The van der Waals surface area contributed by atoms with E-state index in [1.54, 1.807) is 48.5 Å². The molecule has 1 aliphatic rings. The van der Waals surface area contributed by atoms with Crippen LogP contribution in [0, 0.1) is 0 Å². The summed E-state index contributed by atoms with van der Waals surface area (Å²) in [4.78, 5) is 28.6. The molecule has 0 bridgehead atoms. The molecule has 1 heterocycles. The van der Waals surface area contributed by atoms with Crippen molar-refractivity contribution < 1.29 is 14.3 Å². The Morgan fingerprint density at radius 3 is 2.10 bits per heavy atom.